The molecule has 0 aliphatic rings. The van der Waals surface area contributed by atoms with Gasteiger partial charge in [-0.25, -0.2) is 0 Å². The van der Waals surface area contributed by atoms with Crippen molar-refractivity contribution in [2.75, 3.05) is 0 Å². The van der Waals surface area contributed by atoms with Crippen molar-refractivity contribution in [2.24, 2.45) is 5.73 Å². The fraction of sp³-hybridized carbons (Fsp3) is 0.500. The minimum atomic E-state index is -1.29. The van der Waals surface area contributed by atoms with Crippen LogP contribution < -0.4 is 5.73 Å². The molecule has 0 rings (SSSR count). The smallest absolute Gasteiger partial charge is 0.321 e. The summed E-state index contributed by atoms with van der Waals surface area (Å²) >= 11 is 0. The summed E-state index contributed by atoms with van der Waals surface area (Å²) in [5.41, 5.74) is 4.84. The molecule has 0 saturated carbocycles. The molecule has 6 N–H and O–H groups in total. The lowest BCUT2D eigenvalue weighted by Gasteiger charge is -1.99. The van der Waals surface area contributed by atoms with Gasteiger partial charge in [-0.3, -0.25) is 9.59 Å². The van der Waals surface area contributed by atoms with Crippen LogP contribution in [0.4, 0.5) is 0 Å². The van der Waals surface area contributed by atoms with Gasteiger partial charge >= 0.3 is 11.9 Å². The normalized spacial score (nSPS) is 11.3. The number of hydrogen-bond acceptors (Lipinski definition) is 3. The van der Waals surface area contributed by atoms with E-state index in [-0.39, 0.29) is 5.48 Å². The molecular formula is C4H9NO5. The molecule has 1 atom stereocenters. The van der Waals surface area contributed by atoms with Crippen LogP contribution in [0.1, 0.15) is 6.42 Å². The highest BCUT2D eigenvalue weighted by Gasteiger charge is 2.14. The predicted octanol–water partition coefficient (Wildman–Crippen LogP) is -1.95. The fourth-order valence-electron chi connectivity index (χ4n) is 0.275. The first-order valence-electron chi connectivity index (χ1n) is 2.24. The van der Waals surface area contributed by atoms with Gasteiger partial charge in [-0.2, -0.15) is 0 Å². The highest BCUT2D eigenvalue weighted by molar-refractivity contribution is 5.80. The highest BCUT2D eigenvalue weighted by atomic mass is 16.4. The Morgan fingerprint density at radius 3 is 1.90 bits per heavy atom. The molecule has 0 aromatic carbocycles. The molecule has 10 heavy (non-hydrogen) atoms. The summed E-state index contributed by atoms with van der Waals surface area (Å²) in [5.74, 6) is -2.50. The second kappa shape index (κ2) is 4.71. The standard InChI is InChI=1S/C4H7NO4.H2O/c5-2(4(8)9)1-3(6)7;/h2H,1,5H2,(H,6,7)(H,8,9);1H2. The maximum atomic E-state index is 9.85. The van der Waals surface area contributed by atoms with Gasteiger partial charge in [0.2, 0.25) is 0 Å². The minimum absolute atomic E-state index is 0. The fourth-order valence-corrected chi connectivity index (χ4v) is 0.275. The van der Waals surface area contributed by atoms with Gasteiger partial charge in [0.15, 0.2) is 0 Å². The van der Waals surface area contributed by atoms with Crippen LogP contribution in [0.5, 0.6) is 0 Å². The Labute approximate surface area is 56.6 Å². The Kier molecular flexibility index (Phi) is 5.48. The third kappa shape index (κ3) is 5.01. The van der Waals surface area contributed by atoms with E-state index in [2.05, 4.69) is 0 Å². The van der Waals surface area contributed by atoms with Crippen LogP contribution in [-0.4, -0.2) is 33.7 Å². The number of aliphatic carboxylic acids is 2. The third-order valence-electron chi connectivity index (χ3n) is 0.712. The van der Waals surface area contributed by atoms with E-state index >= 15 is 0 Å². The molecule has 0 saturated heterocycles. The van der Waals surface area contributed by atoms with Gasteiger partial charge in [-0.15, -0.1) is 0 Å². The van der Waals surface area contributed by atoms with Crippen LogP contribution in [0.25, 0.3) is 0 Å². The second-order valence-corrected chi connectivity index (χ2v) is 1.54. The van der Waals surface area contributed by atoms with Crippen LogP contribution >= 0.6 is 0 Å². The van der Waals surface area contributed by atoms with E-state index < -0.39 is 24.4 Å². The largest absolute Gasteiger partial charge is 0.481 e. The lowest BCUT2D eigenvalue weighted by atomic mass is 10.2. The molecule has 0 aliphatic carbocycles. The van der Waals surface area contributed by atoms with Crippen molar-refractivity contribution >= 4 is 11.9 Å². The lowest BCUT2D eigenvalue weighted by molar-refractivity contribution is -0.144. The first-order chi connectivity index (χ1) is 4.04. The molecule has 6 nitrogen and oxygen atoms in total. The summed E-state index contributed by atoms with van der Waals surface area (Å²) in [6.45, 7) is 0. The van der Waals surface area contributed by atoms with Gasteiger partial charge in [-0.1, -0.05) is 0 Å². The summed E-state index contributed by atoms with van der Waals surface area (Å²) in [4.78, 5) is 19.6. The second-order valence-electron chi connectivity index (χ2n) is 1.54. The number of nitrogens with two attached hydrogens (primary N) is 1. The van der Waals surface area contributed by atoms with E-state index in [0.717, 1.165) is 0 Å². The van der Waals surface area contributed by atoms with Crippen LogP contribution in [0.3, 0.4) is 0 Å². The maximum Gasteiger partial charge on any atom is 0.321 e. The van der Waals surface area contributed by atoms with Crippen molar-refractivity contribution in [3.05, 3.63) is 0 Å². The van der Waals surface area contributed by atoms with E-state index in [9.17, 15) is 9.59 Å². The molecule has 0 bridgehead atoms. The van der Waals surface area contributed by atoms with E-state index in [4.69, 9.17) is 15.9 Å². The molecular weight excluding hydrogens is 142 g/mol. The summed E-state index contributed by atoms with van der Waals surface area (Å²) in [6, 6.07) is -1.29. The van der Waals surface area contributed by atoms with E-state index in [1.807, 2.05) is 0 Å². The average molecular weight is 151 g/mol. The number of carboxylic acid groups (broad SMARTS) is 2. The van der Waals surface area contributed by atoms with Crippen molar-refractivity contribution < 1.29 is 25.3 Å². The summed E-state index contributed by atoms with van der Waals surface area (Å²) in [5, 5.41) is 16.0. The van der Waals surface area contributed by atoms with Crippen molar-refractivity contribution in [1.82, 2.24) is 0 Å². The quantitative estimate of drug-likeness (QED) is 0.431. The predicted molar refractivity (Wildman–Crippen MR) is 31.5 cm³/mol. The molecule has 1 unspecified atom stereocenters. The van der Waals surface area contributed by atoms with Crippen molar-refractivity contribution in [3.8, 4) is 0 Å². The molecule has 6 heteroatoms. The van der Waals surface area contributed by atoms with Crippen LogP contribution in [0, 0.1) is 0 Å². The monoisotopic (exact) mass is 151 g/mol. The van der Waals surface area contributed by atoms with Gasteiger partial charge in [0.25, 0.3) is 0 Å². The zero-order valence-corrected chi connectivity index (χ0v) is 5.07. The first kappa shape index (κ1) is 11.6. The molecule has 0 aliphatic heterocycles. The zero-order valence-electron chi connectivity index (χ0n) is 5.07. The number of carbonyl (C=O) groups is 2. The van der Waals surface area contributed by atoms with Crippen LogP contribution in [0.2, 0.25) is 0 Å². The van der Waals surface area contributed by atoms with Crippen molar-refractivity contribution in [1.29, 1.82) is 0 Å². The molecule has 60 valence electrons. The highest BCUT2D eigenvalue weighted by Crippen LogP contribution is 1.86. The number of hydrogen-bond donors (Lipinski definition) is 3. The molecule has 0 fully saturated rings. The summed E-state index contributed by atoms with van der Waals surface area (Å²) in [7, 11) is 0. The van der Waals surface area contributed by atoms with Gasteiger partial charge in [0, 0.05) is 0 Å². The molecule has 0 spiro atoms. The Bertz CT molecular complexity index is 134. The first-order valence-corrected chi connectivity index (χ1v) is 2.24. The number of carboxylic acids is 2. The Hall–Kier alpha value is -1.14. The SMILES string of the molecule is NC(CC(=O)O)C(=O)O.O. The lowest BCUT2D eigenvalue weighted by Crippen LogP contribution is -2.32. The van der Waals surface area contributed by atoms with E-state index in [1.165, 1.54) is 0 Å². The molecule has 0 amide bonds. The molecule has 0 aromatic rings. The Morgan fingerprint density at radius 1 is 1.40 bits per heavy atom. The Balaban J connectivity index is 0. The maximum absolute atomic E-state index is 9.85. The average Bonchev–Trinajstić information content (AvgIpc) is 1.63. The summed E-state index contributed by atoms with van der Waals surface area (Å²) < 4.78 is 0. The minimum Gasteiger partial charge on any atom is -0.481 e. The van der Waals surface area contributed by atoms with Crippen molar-refractivity contribution in [3.63, 3.8) is 0 Å². The van der Waals surface area contributed by atoms with Crippen LogP contribution in [-0.2, 0) is 9.59 Å². The topological polar surface area (TPSA) is 132 Å². The van der Waals surface area contributed by atoms with Gasteiger partial charge < -0.3 is 21.4 Å². The third-order valence-corrected chi connectivity index (χ3v) is 0.712. The van der Waals surface area contributed by atoms with Crippen molar-refractivity contribution in [2.45, 2.75) is 12.5 Å². The van der Waals surface area contributed by atoms with Gasteiger partial charge in [0.1, 0.15) is 6.04 Å². The van der Waals surface area contributed by atoms with Crippen LogP contribution in [0.15, 0.2) is 0 Å². The van der Waals surface area contributed by atoms with E-state index in [0.29, 0.717) is 0 Å². The van der Waals surface area contributed by atoms with E-state index in [1.54, 1.807) is 0 Å². The van der Waals surface area contributed by atoms with Gasteiger partial charge in [0.05, 0.1) is 6.42 Å². The number of rotatable bonds is 3. The summed E-state index contributed by atoms with van der Waals surface area (Å²) in [6.07, 6.45) is -0.532. The molecule has 0 heterocycles. The molecule has 0 aromatic heterocycles. The Morgan fingerprint density at radius 2 is 1.80 bits per heavy atom. The van der Waals surface area contributed by atoms with Gasteiger partial charge in [-0.05, 0) is 0 Å². The zero-order chi connectivity index (χ0) is 7.44. The molecule has 0 radical (unpaired) electrons.